The van der Waals surface area contributed by atoms with E-state index in [-0.39, 0.29) is 13.2 Å². The molecule has 2 aromatic rings. The van der Waals surface area contributed by atoms with E-state index < -0.39 is 6.10 Å². The summed E-state index contributed by atoms with van der Waals surface area (Å²) in [5, 5.41) is 19.5. The van der Waals surface area contributed by atoms with Crippen LogP contribution in [0.3, 0.4) is 0 Å². The maximum absolute atomic E-state index is 10.2. The molecule has 2 rings (SSSR count). The number of para-hydroxylation sites is 1. The number of benzene rings is 2. The molecule has 0 aliphatic rings. The zero-order chi connectivity index (χ0) is 16.5. The van der Waals surface area contributed by atoms with Gasteiger partial charge in [0, 0.05) is 5.56 Å². The monoisotopic (exact) mass is 316 g/mol. The third kappa shape index (κ3) is 6.02. The lowest BCUT2D eigenvalue weighted by Gasteiger charge is -2.22. The maximum Gasteiger partial charge on any atom is 0.137 e. The molecule has 124 valence electrons. The molecule has 0 saturated heterocycles. The molecule has 0 bridgehead atoms. The summed E-state index contributed by atoms with van der Waals surface area (Å²) in [7, 11) is 0. The molecule has 0 fully saturated rings. The van der Waals surface area contributed by atoms with E-state index in [0.29, 0.717) is 13.1 Å². The van der Waals surface area contributed by atoms with Gasteiger partial charge in [-0.15, -0.1) is 0 Å². The average molecular weight is 316 g/mol. The highest BCUT2D eigenvalue weighted by Gasteiger charge is 2.16. The molecule has 0 spiro atoms. The van der Waals surface area contributed by atoms with Crippen molar-refractivity contribution in [2.24, 2.45) is 0 Å². The van der Waals surface area contributed by atoms with Gasteiger partial charge in [0.1, 0.15) is 38.1 Å². The molecule has 0 aliphatic heterocycles. The maximum atomic E-state index is 10.2. The normalized spacial score (nSPS) is 13.5. The molecular formula is C19H26NO3+. The van der Waals surface area contributed by atoms with Crippen molar-refractivity contribution in [1.29, 1.82) is 0 Å². The summed E-state index contributed by atoms with van der Waals surface area (Å²) < 4.78 is 5.70. The summed E-state index contributed by atoms with van der Waals surface area (Å²) in [6.45, 7) is 4.28. The van der Waals surface area contributed by atoms with Gasteiger partial charge < -0.3 is 19.8 Å². The van der Waals surface area contributed by atoms with Crippen LogP contribution < -0.4 is 9.64 Å². The minimum atomic E-state index is -0.570. The molecule has 4 nitrogen and oxygen atoms in total. The van der Waals surface area contributed by atoms with Crippen LogP contribution in [0.1, 0.15) is 11.1 Å². The second-order valence-electron chi connectivity index (χ2n) is 5.82. The van der Waals surface area contributed by atoms with Gasteiger partial charge in [0.25, 0.3) is 0 Å². The summed E-state index contributed by atoms with van der Waals surface area (Å²) in [4.78, 5) is 1.14. The Balaban J connectivity index is 1.85. The number of aliphatic hydroxyl groups is 2. The number of nitrogens with one attached hydrogen (secondary N) is 1. The van der Waals surface area contributed by atoms with E-state index >= 15 is 0 Å². The van der Waals surface area contributed by atoms with Gasteiger partial charge in [-0.25, -0.2) is 0 Å². The van der Waals surface area contributed by atoms with Crippen molar-refractivity contribution in [3.8, 4) is 5.75 Å². The Morgan fingerprint density at radius 3 is 2.43 bits per heavy atom. The molecule has 1 unspecified atom stereocenters. The summed E-state index contributed by atoms with van der Waals surface area (Å²) in [5.74, 6) is 0.804. The number of ether oxygens (including phenoxy) is 1. The molecule has 23 heavy (non-hydrogen) atoms. The van der Waals surface area contributed by atoms with Crippen LogP contribution in [-0.2, 0) is 6.54 Å². The molecule has 4 heteroatoms. The Hall–Kier alpha value is -1.88. The van der Waals surface area contributed by atoms with Crippen molar-refractivity contribution in [2.45, 2.75) is 19.6 Å². The molecule has 2 aromatic carbocycles. The van der Waals surface area contributed by atoms with Gasteiger partial charge in [0.15, 0.2) is 0 Å². The van der Waals surface area contributed by atoms with E-state index in [1.807, 2.05) is 49.4 Å². The smallest absolute Gasteiger partial charge is 0.137 e. The molecule has 2 atom stereocenters. The Bertz CT molecular complexity index is 574. The van der Waals surface area contributed by atoms with Gasteiger partial charge in [-0.2, -0.15) is 0 Å². The predicted molar refractivity (Wildman–Crippen MR) is 90.6 cm³/mol. The summed E-state index contributed by atoms with van der Waals surface area (Å²) in [6.07, 6.45) is -0.570. The molecule has 0 aromatic heterocycles. The van der Waals surface area contributed by atoms with Crippen molar-refractivity contribution in [3.05, 3.63) is 65.7 Å². The van der Waals surface area contributed by atoms with Crippen molar-refractivity contribution in [1.82, 2.24) is 0 Å². The number of rotatable bonds is 9. The lowest BCUT2D eigenvalue weighted by Crippen LogP contribution is -3.12. The fourth-order valence-electron chi connectivity index (χ4n) is 2.60. The quantitative estimate of drug-likeness (QED) is 0.642. The standard InChI is InChI=1S/C19H25NO3/c1-16-7-5-6-10-19(16)23-15-18(22)14-20(11-12-21)13-17-8-3-2-4-9-17/h2-10,18,21-22H,11-15H2,1H3/p+1/t18-/m0/s1. The summed E-state index contributed by atoms with van der Waals surface area (Å²) in [5.41, 5.74) is 2.26. The lowest BCUT2D eigenvalue weighted by molar-refractivity contribution is -0.917. The highest BCUT2D eigenvalue weighted by Crippen LogP contribution is 2.16. The number of aryl methyl sites for hydroxylation is 1. The van der Waals surface area contributed by atoms with E-state index in [2.05, 4.69) is 12.1 Å². The van der Waals surface area contributed by atoms with Crippen LogP contribution in [0.5, 0.6) is 5.75 Å². The van der Waals surface area contributed by atoms with Crippen LogP contribution in [0.25, 0.3) is 0 Å². The SMILES string of the molecule is Cc1ccccc1OC[C@@H](O)C[NH+](CCO)Cc1ccccc1. The molecule has 0 radical (unpaired) electrons. The van der Waals surface area contributed by atoms with Crippen LogP contribution in [0.2, 0.25) is 0 Å². The zero-order valence-electron chi connectivity index (χ0n) is 13.6. The number of hydrogen-bond donors (Lipinski definition) is 3. The number of quaternary nitrogens is 1. The molecule has 0 aliphatic carbocycles. The van der Waals surface area contributed by atoms with Crippen LogP contribution in [0.4, 0.5) is 0 Å². The third-order valence-electron chi connectivity index (χ3n) is 3.81. The van der Waals surface area contributed by atoms with Crippen molar-refractivity contribution < 1.29 is 19.8 Å². The minimum absolute atomic E-state index is 0.105. The minimum Gasteiger partial charge on any atom is -0.490 e. The second-order valence-corrected chi connectivity index (χ2v) is 5.82. The van der Waals surface area contributed by atoms with Gasteiger partial charge in [0.2, 0.25) is 0 Å². The third-order valence-corrected chi connectivity index (χ3v) is 3.81. The lowest BCUT2D eigenvalue weighted by atomic mass is 10.2. The van der Waals surface area contributed by atoms with Gasteiger partial charge in [0.05, 0.1) is 6.61 Å². The molecule has 0 saturated carbocycles. The fourth-order valence-corrected chi connectivity index (χ4v) is 2.60. The van der Waals surface area contributed by atoms with Crippen molar-refractivity contribution >= 4 is 0 Å². The first-order valence-electron chi connectivity index (χ1n) is 8.04. The van der Waals surface area contributed by atoms with E-state index in [1.54, 1.807) is 0 Å². The van der Waals surface area contributed by atoms with Crippen LogP contribution in [-0.4, -0.2) is 42.6 Å². The van der Waals surface area contributed by atoms with Gasteiger partial charge in [-0.05, 0) is 18.6 Å². The number of aliphatic hydroxyl groups excluding tert-OH is 2. The number of hydrogen-bond acceptors (Lipinski definition) is 3. The fraction of sp³-hybridized carbons (Fsp3) is 0.368. The topological polar surface area (TPSA) is 54.1 Å². The highest BCUT2D eigenvalue weighted by atomic mass is 16.5. The zero-order valence-corrected chi connectivity index (χ0v) is 13.6. The first-order valence-corrected chi connectivity index (χ1v) is 8.04. The van der Waals surface area contributed by atoms with Gasteiger partial charge >= 0.3 is 0 Å². The molecule has 0 amide bonds. The summed E-state index contributed by atoms with van der Waals surface area (Å²) >= 11 is 0. The Morgan fingerprint density at radius 2 is 1.74 bits per heavy atom. The summed E-state index contributed by atoms with van der Waals surface area (Å²) in [6, 6.07) is 17.9. The predicted octanol–water partition coefficient (Wildman–Crippen LogP) is 0.812. The molecule has 3 N–H and O–H groups in total. The van der Waals surface area contributed by atoms with Crippen LogP contribution in [0.15, 0.2) is 54.6 Å². The van der Waals surface area contributed by atoms with Gasteiger partial charge in [-0.1, -0.05) is 48.5 Å². The Kier molecular flexibility index (Phi) is 7.07. The first kappa shape index (κ1) is 17.5. The van der Waals surface area contributed by atoms with Crippen molar-refractivity contribution in [3.63, 3.8) is 0 Å². The second kappa shape index (κ2) is 9.30. The van der Waals surface area contributed by atoms with E-state index in [0.717, 1.165) is 22.8 Å². The van der Waals surface area contributed by atoms with E-state index in [1.165, 1.54) is 5.56 Å². The van der Waals surface area contributed by atoms with E-state index in [4.69, 9.17) is 4.74 Å². The largest absolute Gasteiger partial charge is 0.490 e. The first-order chi connectivity index (χ1) is 11.2. The van der Waals surface area contributed by atoms with Crippen LogP contribution >= 0.6 is 0 Å². The van der Waals surface area contributed by atoms with Crippen LogP contribution in [0, 0.1) is 6.92 Å². The molecule has 0 heterocycles. The Morgan fingerprint density at radius 1 is 1.04 bits per heavy atom. The average Bonchev–Trinajstić information content (AvgIpc) is 2.55. The molecular weight excluding hydrogens is 290 g/mol. The van der Waals surface area contributed by atoms with Crippen molar-refractivity contribution in [2.75, 3.05) is 26.3 Å². The van der Waals surface area contributed by atoms with E-state index in [9.17, 15) is 10.2 Å². The Labute approximate surface area is 138 Å². The van der Waals surface area contributed by atoms with Gasteiger partial charge in [-0.3, -0.25) is 0 Å². The highest BCUT2D eigenvalue weighted by molar-refractivity contribution is 5.31.